The highest BCUT2D eigenvalue weighted by Crippen LogP contribution is 2.25. The lowest BCUT2D eigenvalue weighted by atomic mass is 10.2. The molecule has 1 aliphatic rings. The predicted molar refractivity (Wildman–Crippen MR) is 109 cm³/mol. The van der Waals surface area contributed by atoms with E-state index in [0.29, 0.717) is 6.61 Å². The molecule has 6 heteroatoms. The molecule has 4 nitrogen and oxygen atoms in total. The molecular weight excluding hydrogens is 416 g/mol. The Balaban J connectivity index is 1.52. The van der Waals surface area contributed by atoms with Crippen LogP contribution in [0.5, 0.6) is 5.75 Å². The maximum absolute atomic E-state index is 6.22. The zero-order chi connectivity index (χ0) is 18.2. The molecule has 0 aliphatic carbocycles. The van der Waals surface area contributed by atoms with Crippen LogP contribution in [0.2, 0.25) is 5.02 Å². The Morgan fingerprint density at radius 2 is 1.92 bits per heavy atom. The first kappa shape index (κ1) is 19.6. The highest BCUT2D eigenvalue weighted by molar-refractivity contribution is 9.10. The summed E-state index contributed by atoms with van der Waals surface area (Å²) in [5.74, 6) is 0.881. The maximum atomic E-state index is 6.22. The normalized spacial score (nSPS) is 15.2. The first-order valence-corrected chi connectivity index (χ1v) is 10.0. The molecule has 140 valence electrons. The van der Waals surface area contributed by atoms with Crippen molar-refractivity contribution < 1.29 is 9.47 Å². The number of nitrogens with one attached hydrogen (secondary N) is 1. The molecule has 3 rings (SSSR count). The molecule has 0 amide bonds. The molecule has 0 bridgehead atoms. The van der Waals surface area contributed by atoms with Gasteiger partial charge in [0, 0.05) is 53.3 Å². The van der Waals surface area contributed by atoms with Crippen molar-refractivity contribution in [1.29, 1.82) is 0 Å². The summed E-state index contributed by atoms with van der Waals surface area (Å²) in [7, 11) is 0. The highest BCUT2D eigenvalue weighted by Gasteiger charge is 2.10. The highest BCUT2D eigenvalue weighted by atomic mass is 79.9. The minimum atomic E-state index is 0.460. The van der Waals surface area contributed by atoms with Crippen LogP contribution in [0.15, 0.2) is 46.9 Å². The summed E-state index contributed by atoms with van der Waals surface area (Å²) in [5, 5.41) is 4.25. The minimum absolute atomic E-state index is 0.460. The molecule has 0 atom stereocenters. The topological polar surface area (TPSA) is 33.7 Å². The van der Waals surface area contributed by atoms with E-state index >= 15 is 0 Å². The van der Waals surface area contributed by atoms with E-state index in [-0.39, 0.29) is 0 Å². The fourth-order valence-electron chi connectivity index (χ4n) is 2.88. The van der Waals surface area contributed by atoms with Crippen LogP contribution in [0, 0.1) is 0 Å². The third kappa shape index (κ3) is 5.96. The van der Waals surface area contributed by atoms with Crippen molar-refractivity contribution in [3.63, 3.8) is 0 Å². The summed E-state index contributed by atoms with van der Waals surface area (Å²) in [4.78, 5) is 2.42. The van der Waals surface area contributed by atoms with Crippen molar-refractivity contribution in [3.8, 4) is 5.75 Å². The van der Waals surface area contributed by atoms with E-state index in [4.69, 9.17) is 21.1 Å². The monoisotopic (exact) mass is 438 g/mol. The molecule has 0 spiro atoms. The van der Waals surface area contributed by atoms with Gasteiger partial charge in [-0.15, -0.1) is 0 Å². The summed E-state index contributed by atoms with van der Waals surface area (Å²) in [6, 6.07) is 13.9. The summed E-state index contributed by atoms with van der Waals surface area (Å²) in [5.41, 5.74) is 2.12. The van der Waals surface area contributed by atoms with Crippen LogP contribution < -0.4 is 10.1 Å². The third-order valence-electron chi connectivity index (χ3n) is 4.39. The Morgan fingerprint density at radius 1 is 1.12 bits per heavy atom. The average molecular weight is 440 g/mol. The summed E-state index contributed by atoms with van der Waals surface area (Å²) < 4.78 is 12.5. The van der Waals surface area contributed by atoms with Crippen molar-refractivity contribution in [1.82, 2.24) is 10.2 Å². The molecule has 0 aromatic heterocycles. The van der Waals surface area contributed by atoms with Crippen molar-refractivity contribution >= 4 is 27.5 Å². The van der Waals surface area contributed by atoms with E-state index in [1.807, 2.05) is 36.4 Å². The first-order valence-electron chi connectivity index (χ1n) is 8.88. The van der Waals surface area contributed by atoms with Gasteiger partial charge in [0.1, 0.15) is 12.4 Å². The number of rotatable bonds is 8. The number of nitrogens with zero attached hydrogens (tertiary/aromatic N) is 1. The molecule has 2 aromatic carbocycles. The van der Waals surface area contributed by atoms with Gasteiger partial charge in [-0.2, -0.15) is 0 Å². The number of ether oxygens (including phenoxy) is 2. The number of morpholine rings is 1. The number of hydrogen-bond acceptors (Lipinski definition) is 4. The molecule has 1 fully saturated rings. The van der Waals surface area contributed by atoms with Crippen LogP contribution in [-0.4, -0.2) is 44.3 Å². The van der Waals surface area contributed by atoms with Crippen LogP contribution >= 0.6 is 27.5 Å². The van der Waals surface area contributed by atoms with E-state index in [1.54, 1.807) is 0 Å². The van der Waals surface area contributed by atoms with Gasteiger partial charge in [0.25, 0.3) is 0 Å². The summed E-state index contributed by atoms with van der Waals surface area (Å²) in [6.07, 6.45) is 0. The Hall–Kier alpha value is -1.11. The van der Waals surface area contributed by atoms with E-state index in [0.717, 1.165) is 72.3 Å². The minimum Gasteiger partial charge on any atom is -0.489 e. The first-order chi connectivity index (χ1) is 12.7. The molecule has 2 aromatic rings. The van der Waals surface area contributed by atoms with Crippen molar-refractivity contribution in [2.75, 3.05) is 39.4 Å². The van der Waals surface area contributed by atoms with Crippen LogP contribution in [0.1, 0.15) is 11.1 Å². The number of hydrogen-bond donors (Lipinski definition) is 1. The standard InChI is InChI=1S/C20H24BrClN2O2/c21-18-5-6-20(26-15-16-3-1-2-4-19(16)22)17(13-18)14-23-7-8-24-9-11-25-12-10-24/h1-6,13,23H,7-12,14-15H2. The fraction of sp³-hybridized carbons (Fsp3) is 0.400. The van der Waals surface area contributed by atoms with Gasteiger partial charge < -0.3 is 14.8 Å². The van der Waals surface area contributed by atoms with Gasteiger partial charge in [-0.3, -0.25) is 4.90 Å². The molecule has 0 unspecified atom stereocenters. The van der Waals surface area contributed by atoms with Gasteiger partial charge in [-0.05, 0) is 24.3 Å². The predicted octanol–water partition coefficient (Wildman–Crippen LogP) is 4.10. The molecule has 0 radical (unpaired) electrons. The Morgan fingerprint density at radius 3 is 2.73 bits per heavy atom. The molecule has 1 saturated heterocycles. The Labute approximate surface area is 168 Å². The van der Waals surface area contributed by atoms with Gasteiger partial charge >= 0.3 is 0 Å². The second-order valence-corrected chi connectivity index (χ2v) is 7.59. The van der Waals surface area contributed by atoms with Gasteiger partial charge in [0.05, 0.1) is 13.2 Å². The molecule has 1 aliphatic heterocycles. The fourth-order valence-corrected chi connectivity index (χ4v) is 3.48. The summed E-state index contributed by atoms with van der Waals surface area (Å²) >= 11 is 9.77. The second kappa shape index (κ2) is 10.3. The molecule has 1 heterocycles. The average Bonchev–Trinajstić information content (AvgIpc) is 2.66. The third-order valence-corrected chi connectivity index (χ3v) is 5.25. The SMILES string of the molecule is Clc1ccccc1COc1ccc(Br)cc1CNCCN1CCOCC1. The molecular formula is C20H24BrClN2O2. The van der Waals surface area contributed by atoms with E-state index in [9.17, 15) is 0 Å². The van der Waals surface area contributed by atoms with Gasteiger partial charge in [0.15, 0.2) is 0 Å². The lowest BCUT2D eigenvalue weighted by Gasteiger charge is -2.26. The zero-order valence-corrected chi connectivity index (χ0v) is 17.1. The van der Waals surface area contributed by atoms with Crippen LogP contribution in [0.25, 0.3) is 0 Å². The molecule has 1 N–H and O–H groups in total. The van der Waals surface area contributed by atoms with Crippen molar-refractivity contribution in [2.45, 2.75) is 13.2 Å². The largest absolute Gasteiger partial charge is 0.489 e. The lowest BCUT2D eigenvalue weighted by molar-refractivity contribution is 0.0384. The molecule has 0 saturated carbocycles. The smallest absolute Gasteiger partial charge is 0.124 e. The van der Waals surface area contributed by atoms with E-state index in [2.05, 4.69) is 32.2 Å². The summed E-state index contributed by atoms with van der Waals surface area (Å²) in [6.45, 7) is 6.92. The van der Waals surface area contributed by atoms with Gasteiger partial charge in [-0.25, -0.2) is 0 Å². The van der Waals surface area contributed by atoms with Gasteiger partial charge in [0.2, 0.25) is 0 Å². The quantitative estimate of drug-likeness (QED) is 0.628. The van der Waals surface area contributed by atoms with Crippen molar-refractivity contribution in [3.05, 3.63) is 63.1 Å². The number of halogens is 2. The van der Waals surface area contributed by atoms with E-state index < -0.39 is 0 Å². The molecule has 26 heavy (non-hydrogen) atoms. The number of benzene rings is 2. The second-order valence-electron chi connectivity index (χ2n) is 6.26. The van der Waals surface area contributed by atoms with Crippen LogP contribution in [0.3, 0.4) is 0 Å². The maximum Gasteiger partial charge on any atom is 0.124 e. The Bertz CT molecular complexity index is 708. The zero-order valence-electron chi connectivity index (χ0n) is 14.7. The van der Waals surface area contributed by atoms with Gasteiger partial charge in [-0.1, -0.05) is 45.7 Å². The van der Waals surface area contributed by atoms with Crippen LogP contribution in [-0.2, 0) is 17.9 Å². The Kier molecular flexibility index (Phi) is 7.77. The lowest BCUT2D eigenvalue weighted by Crippen LogP contribution is -2.40. The van der Waals surface area contributed by atoms with Crippen LogP contribution in [0.4, 0.5) is 0 Å². The van der Waals surface area contributed by atoms with Crippen molar-refractivity contribution in [2.24, 2.45) is 0 Å². The van der Waals surface area contributed by atoms with E-state index in [1.165, 1.54) is 0 Å².